The summed E-state index contributed by atoms with van der Waals surface area (Å²) in [5.41, 5.74) is 1.04. The number of amides is 2. The second-order valence-electron chi connectivity index (χ2n) is 4.18. The number of carbonyl (C=O) groups excluding carboxylic acids is 1. The van der Waals surface area contributed by atoms with Gasteiger partial charge >= 0.3 is 6.03 Å². The summed E-state index contributed by atoms with van der Waals surface area (Å²) in [7, 11) is 1.63. The quantitative estimate of drug-likeness (QED) is 0.890. The molecule has 20 heavy (non-hydrogen) atoms. The maximum atomic E-state index is 12.3. The summed E-state index contributed by atoms with van der Waals surface area (Å²) >= 11 is 1.50. The normalized spacial score (nSPS) is 10.2. The van der Waals surface area contributed by atoms with Gasteiger partial charge in [-0.3, -0.25) is 10.3 Å². The van der Waals surface area contributed by atoms with E-state index in [1.807, 2.05) is 29.6 Å². The van der Waals surface area contributed by atoms with Crippen molar-refractivity contribution < 1.29 is 9.53 Å². The monoisotopic (exact) mass is 291 g/mol. The fourth-order valence-corrected chi connectivity index (χ4v) is 2.30. The average Bonchev–Trinajstić information content (AvgIpc) is 2.97. The highest BCUT2D eigenvalue weighted by Gasteiger charge is 2.14. The number of nitrogens with zero attached hydrogens (tertiary/aromatic N) is 2. The maximum absolute atomic E-state index is 12.3. The van der Waals surface area contributed by atoms with E-state index in [0.29, 0.717) is 19.7 Å². The maximum Gasteiger partial charge on any atom is 0.322 e. The van der Waals surface area contributed by atoms with Crippen LogP contribution in [0.3, 0.4) is 0 Å². The number of ether oxygens (including phenoxy) is 1. The molecule has 5 nitrogen and oxygen atoms in total. The number of carbonyl (C=O) groups is 1. The van der Waals surface area contributed by atoms with Crippen LogP contribution in [0.25, 0.3) is 0 Å². The van der Waals surface area contributed by atoms with Crippen LogP contribution >= 0.6 is 11.3 Å². The second kappa shape index (κ2) is 7.62. The average molecular weight is 291 g/mol. The molecule has 2 amide bonds. The standard InChI is InChI=1S/C14H17N3O2S/c1-19-9-8-17(11-12-4-6-15-7-5-12)14(18)16-13-3-2-10-20-13/h2-7,10H,8-9,11H2,1H3,(H,16,18). The van der Waals surface area contributed by atoms with Gasteiger partial charge in [0.15, 0.2) is 0 Å². The number of hydrogen-bond donors (Lipinski definition) is 1. The Labute approximate surface area is 122 Å². The minimum Gasteiger partial charge on any atom is -0.383 e. The van der Waals surface area contributed by atoms with E-state index in [4.69, 9.17) is 4.74 Å². The molecule has 0 aromatic carbocycles. The van der Waals surface area contributed by atoms with Gasteiger partial charge in [0.25, 0.3) is 0 Å². The lowest BCUT2D eigenvalue weighted by Crippen LogP contribution is -2.36. The minimum absolute atomic E-state index is 0.124. The molecule has 0 saturated heterocycles. The third-order valence-corrected chi connectivity index (χ3v) is 3.51. The Morgan fingerprint density at radius 1 is 1.40 bits per heavy atom. The number of thiophene rings is 1. The van der Waals surface area contributed by atoms with Crippen molar-refractivity contribution in [1.82, 2.24) is 9.88 Å². The summed E-state index contributed by atoms with van der Waals surface area (Å²) in [5, 5.41) is 5.65. The predicted molar refractivity (Wildman–Crippen MR) is 79.9 cm³/mol. The van der Waals surface area contributed by atoms with E-state index in [-0.39, 0.29) is 6.03 Å². The van der Waals surface area contributed by atoms with Gasteiger partial charge in [0.1, 0.15) is 0 Å². The van der Waals surface area contributed by atoms with Crippen molar-refractivity contribution in [2.24, 2.45) is 0 Å². The van der Waals surface area contributed by atoms with Crippen LogP contribution in [0.2, 0.25) is 0 Å². The van der Waals surface area contributed by atoms with Crippen LogP contribution in [0.1, 0.15) is 5.56 Å². The minimum atomic E-state index is -0.124. The lowest BCUT2D eigenvalue weighted by molar-refractivity contribution is 0.153. The zero-order chi connectivity index (χ0) is 14.2. The van der Waals surface area contributed by atoms with Crippen molar-refractivity contribution in [3.05, 3.63) is 47.6 Å². The third-order valence-electron chi connectivity index (χ3n) is 2.73. The number of aromatic nitrogens is 1. The van der Waals surface area contributed by atoms with Gasteiger partial charge in [0.05, 0.1) is 11.6 Å². The SMILES string of the molecule is COCCN(Cc1ccncc1)C(=O)Nc1cccs1. The first-order valence-corrected chi connectivity index (χ1v) is 7.15. The molecular weight excluding hydrogens is 274 g/mol. The van der Waals surface area contributed by atoms with Crippen molar-refractivity contribution in [2.45, 2.75) is 6.54 Å². The molecule has 2 aromatic rings. The highest BCUT2D eigenvalue weighted by Crippen LogP contribution is 2.16. The summed E-state index contributed by atoms with van der Waals surface area (Å²) in [4.78, 5) is 18.0. The molecule has 0 unspecified atom stereocenters. The molecule has 2 rings (SSSR count). The first kappa shape index (κ1) is 14.5. The lowest BCUT2D eigenvalue weighted by Gasteiger charge is -2.22. The molecule has 0 saturated carbocycles. The van der Waals surface area contributed by atoms with Gasteiger partial charge in [0, 0.05) is 32.6 Å². The van der Waals surface area contributed by atoms with Crippen LogP contribution in [0, 0.1) is 0 Å². The Bertz CT molecular complexity index is 516. The van der Waals surface area contributed by atoms with E-state index < -0.39 is 0 Å². The zero-order valence-corrected chi connectivity index (χ0v) is 12.1. The van der Waals surface area contributed by atoms with E-state index in [1.54, 1.807) is 24.4 Å². The fraction of sp³-hybridized carbons (Fsp3) is 0.286. The highest BCUT2D eigenvalue weighted by atomic mass is 32.1. The number of methoxy groups -OCH3 is 1. The number of pyridine rings is 1. The van der Waals surface area contributed by atoms with Crippen LogP contribution in [0.4, 0.5) is 9.80 Å². The van der Waals surface area contributed by atoms with Gasteiger partial charge in [-0.25, -0.2) is 4.79 Å². The van der Waals surface area contributed by atoms with Gasteiger partial charge in [-0.1, -0.05) is 0 Å². The third kappa shape index (κ3) is 4.32. The van der Waals surface area contributed by atoms with Crippen LogP contribution in [-0.4, -0.2) is 36.2 Å². The van der Waals surface area contributed by atoms with Crippen LogP contribution in [0.5, 0.6) is 0 Å². The molecule has 0 bridgehead atoms. The van der Waals surface area contributed by atoms with E-state index >= 15 is 0 Å². The van der Waals surface area contributed by atoms with Gasteiger partial charge in [-0.15, -0.1) is 11.3 Å². The first-order valence-electron chi connectivity index (χ1n) is 6.27. The number of hydrogen-bond acceptors (Lipinski definition) is 4. The number of nitrogens with one attached hydrogen (secondary N) is 1. The van der Waals surface area contributed by atoms with E-state index in [1.165, 1.54) is 11.3 Å². The molecule has 0 fully saturated rings. The molecule has 2 aromatic heterocycles. The molecule has 0 aliphatic carbocycles. The summed E-state index contributed by atoms with van der Waals surface area (Å²) < 4.78 is 5.06. The van der Waals surface area contributed by atoms with Crippen molar-refractivity contribution in [1.29, 1.82) is 0 Å². The molecule has 1 N–H and O–H groups in total. The molecule has 6 heteroatoms. The van der Waals surface area contributed by atoms with Gasteiger partial charge in [0.2, 0.25) is 0 Å². The van der Waals surface area contributed by atoms with Gasteiger partial charge in [-0.2, -0.15) is 0 Å². The van der Waals surface area contributed by atoms with E-state index in [2.05, 4.69) is 10.3 Å². The van der Waals surface area contributed by atoms with E-state index in [0.717, 1.165) is 10.6 Å². The van der Waals surface area contributed by atoms with Crippen LogP contribution in [0.15, 0.2) is 42.0 Å². The summed E-state index contributed by atoms with van der Waals surface area (Å²) in [6, 6.07) is 7.46. The Kier molecular flexibility index (Phi) is 5.52. The smallest absolute Gasteiger partial charge is 0.322 e. The molecule has 0 aliphatic heterocycles. The highest BCUT2D eigenvalue weighted by molar-refractivity contribution is 7.14. The first-order chi connectivity index (χ1) is 9.79. The predicted octanol–water partition coefficient (Wildman–Crippen LogP) is 2.82. The van der Waals surface area contributed by atoms with Crippen molar-refractivity contribution in [2.75, 3.05) is 25.6 Å². The van der Waals surface area contributed by atoms with E-state index in [9.17, 15) is 4.79 Å². The summed E-state index contributed by atoms with van der Waals surface area (Å²) in [6.45, 7) is 1.57. The number of anilines is 1. The van der Waals surface area contributed by atoms with Crippen molar-refractivity contribution in [3.63, 3.8) is 0 Å². The number of urea groups is 1. The lowest BCUT2D eigenvalue weighted by atomic mass is 10.2. The van der Waals surface area contributed by atoms with Crippen LogP contribution < -0.4 is 5.32 Å². The molecule has 0 aliphatic rings. The summed E-state index contributed by atoms with van der Waals surface area (Å²) in [6.07, 6.45) is 3.45. The van der Waals surface area contributed by atoms with Gasteiger partial charge in [-0.05, 0) is 35.2 Å². The Balaban J connectivity index is 2.00. The Morgan fingerprint density at radius 3 is 2.85 bits per heavy atom. The molecule has 106 valence electrons. The molecule has 0 spiro atoms. The largest absolute Gasteiger partial charge is 0.383 e. The molecular formula is C14H17N3O2S. The molecule has 0 atom stereocenters. The van der Waals surface area contributed by atoms with Crippen molar-refractivity contribution in [3.8, 4) is 0 Å². The van der Waals surface area contributed by atoms with Crippen molar-refractivity contribution >= 4 is 22.4 Å². The molecule has 2 heterocycles. The fourth-order valence-electron chi connectivity index (χ4n) is 1.70. The number of rotatable bonds is 6. The Hall–Kier alpha value is -1.92. The second-order valence-corrected chi connectivity index (χ2v) is 5.12. The Morgan fingerprint density at radius 2 is 2.20 bits per heavy atom. The van der Waals surface area contributed by atoms with Gasteiger partial charge < -0.3 is 9.64 Å². The zero-order valence-electron chi connectivity index (χ0n) is 11.3. The molecule has 0 radical (unpaired) electrons. The topological polar surface area (TPSA) is 54.5 Å². The van der Waals surface area contributed by atoms with Crippen LogP contribution in [-0.2, 0) is 11.3 Å². The summed E-state index contributed by atoms with van der Waals surface area (Å²) in [5.74, 6) is 0.